The molecule has 0 spiro atoms. The van der Waals surface area contributed by atoms with E-state index in [9.17, 15) is 0 Å². The molecule has 1 nitrogen and oxygen atoms in total. The van der Waals surface area contributed by atoms with E-state index in [0.717, 1.165) is 5.92 Å². The Kier molecular flexibility index (Phi) is 13.8. The van der Waals surface area contributed by atoms with Gasteiger partial charge in [0.1, 0.15) is 0 Å². The highest BCUT2D eigenvalue weighted by molar-refractivity contribution is 4.20. The molecule has 0 fully saturated rings. The first kappa shape index (κ1) is 9.35. The molecule has 0 unspecified atom stereocenters. The summed E-state index contributed by atoms with van der Waals surface area (Å²) in [5.41, 5.74) is 4.50. The predicted octanol–water partition coefficient (Wildman–Crippen LogP) is 1.24. The van der Waals surface area contributed by atoms with E-state index in [-0.39, 0.29) is 0 Å². The molecule has 6 heavy (non-hydrogen) atoms. The second kappa shape index (κ2) is 8.88. The summed E-state index contributed by atoms with van der Waals surface area (Å²) in [6, 6.07) is 0. The maximum atomic E-state index is 4.50. The van der Waals surface area contributed by atoms with Crippen molar-refractivity contribution in [3.05, 3.63) is 0 Å². The van der Waals surface area contributed by atoms with Crippen LogP contribution in [0, 0.1) is 5.92 Å². The predicted molar refractivity (Wildman–Crippen MR) is 30.6 cm³/mol. The molecule has 0 saturated heterocycles. The van der Waals surface area contributed by atoms with Crippen molar-refractivity contribution >= 4 is 0 Å². The molecule has 0 aliphatic rings. The molecule has 0 aromatic rings. The summed E-state index contributed by atoms with van der Waals surface area (Å²) >= 11 is 0. The molecule has 40 valence electrons. The Labute approximate surface area is 40.5 Å². The molecule has 0 bridgehead atoms. The van der Waals surface area contributed by atoms with Gasteiger partial charge in [-0.1, -0.05) is 20.8 Å². The molecule has 0 aliphatic carbocycles. The van der Waals surface area contributed by atoms with Gasteiger partial charge in [0.15, 0.2) is 0 Å². The summed E-state index contributed by atoms with van der Waals surface area (Å²) in [7, 11) is 1.50. The van der Waals surface area contributed by atoms with Crippen molar-refractivity contribution in [1.29, 1.82) is 0 Å². The largest absolute Gasteiger partial charge is 0.333 e. The highest BCUT2D eigenvalue weighted by Crippen LogP contribution is 1.81. The minimum Gasteiger partial charge on any atom is -0.333 e. The second-order valence-electron chi connectivity index (χ2n) is 1.73. The van der Waals surface area contributed by atoms with E-state index in [1.165, 1.54) is 7.05 Å². The lowest BCUT2D eigenvalue weighted by molar-refractivity contribution is 0.737. The first-order valence-electron chi connectivity index (χ1n) is 2.31. The van der Waals surface area contributed by atoms with Gasteiger partial charge in [-0.25, -0.2) is 0 Å². The van der Waals surface area contributed by atoms with Gasteiger partial charge in [-0.05, 0) is 13.0 Å². The Morgan fingerprint density at radius 1 is 1.00 bits per heavy atom. The van der Waals surface area contributed by atoms with Crippen LogP contribution in [0.15, 0.2) is 0 Å². The number of nitrogens with two attached hydrogens (primary N) is 1. The van der Waals surface area contributed by atoms with Crippen molar-refractivity contribution in [3.63, 3.8) is 0 Å². The molecule has 0 saturated carbocycles. The van der Waals surface area contributed by atoms with E-state index in [4.69, 9.17) is 0 Å². The average Bonchev–Trinajstić information content (AvgIpc) is 1.41. The molecular weight excluding hydrogens is 74.1 g/mol. The minimum atomic E-state index is 0.833. The summed E-state index contributed by atoms with van der Waals surface area (Å²) in [5, 5.41) is 0. The highest BCUT2D eigenvalue weighted by atomic mass is 14.4. The fraction of sp³-hybridized carbons (Fsp3) is 1.00. The zero-order valence-electron chi connectivity index (χ0n) is 5.15. The van der Waals surface area contributed by atoms with E-state index in [0.29, 0.717) is 0 Å². The lowest BCUT2D eigenvalue weighted by atomic mass is 10.3. The molecule has 0 atom stereocenters. The second-order valence-corrected chi connectivity index (χ2v) is 1.73. The van der Waals surface area contributed by atoms with E-state index >= 15 is 0 Å². The van der Waals surface area contributed by atoms with Crippen LogP contribution in [0.5, 0.6) is 0 Å². The van der Waals surface area contributed by atoms with Gasteiger partial charge in [0, 0.05) is 0 Å². The smallest absolute Gasteiger partial charge is 0.0195 e. The maximum Gasteiger partial charge on any atom is -0.0195 e. The van der Waals surface area contributed by atoms with Crippen molar-refractivity contribution < 1.29 is 0 Å². The van der Waals surface area contributed by atoms with Gasteiger partial charge < -0.3 is 5.73 Å². The normalized spacial score (nSPS) is 7.00. The third-order valence-electron chi connectivity index (χ3n) is 0. The van der Waals surface area contributed by atoms with Gasteiger partial charge in [0.2, 0.25) is 0 Å². The lowest BCUT2D eigenvalue weighted by Gasteiger charge is -1.79. The molecule has 0 aromatic carbocycles. The summed E-state index contributed by atoms with van der Waals surface area (Å²) < 4.78 is 0. The Morgan fingerprint density at radius 2 is 1.00 bits per heavy atom. The van der Waals surface area contributed by atoms with Gasteiger partial charge in [0.25, 0.3) is 0 Å². The first-order valence-corrected chi connectivity index (χ1v) is 2.31. The highest BCUT2D eigenvalue weighted by Gasteiger charge is 1.68. The molecule has 0 aromatic heterocycles. The zero-order valence-corrected chi connectivity index (χ0v) is 5.15. The van der Waals surface area contributed by atoms with Gasteiger partial charge >= 0.3 is 0 Å². The Bertz CT molecular complexity index is 8.66. The number of hydrogen-bond acceptors (Lipinski definition) is 1. The van der Waals surface area contributed by atoms with Crippen molar-refractivity contribution in [2.75, 3.05) is 7.05 Å². The average molecular weight is 89.2 g/mol. The lowest BCUT2D eigenvalue weighted by Crippen LogP contribution is -1.69. The van der Waals surface area contributed by atoms with Crippen LogP contribution in [0.2, 0.25) is 0 Å². The minimum absolute atomic E-state index is 0.833. The van der Waals surface area contributed by atoms with Crippen LogP contribution in [-0.2, 0) is 0 Å². The molecular formula is C5H15N. The zero-order chi connectivity index (χ0) is 5.58. The summed E-state index contributed by atoms with van der Waals surface area (Å²) in [6.07, 6.45) is 0. The quantitative estimate of drug-likeness (QED) is 0.474. The van der Waals surface area contributed by atoms with Crippen LogP contribution in [-0.4, -0.2) is 7.05 Å². The number of hydrogen-bond donors (Lipinski definition) is 1. The van der Waals surface area contributed by atoms with Crippen LogP contribution in [0.1, 0.15) is 20.8 Å². The van der Waals surface area contributed by atoms with Crippen LogP contribution in [0.25, 0.3) is 0 Å². The van der Waals surface area contributed by atoms with Crippen molar-refractivity contribution in [1.82, 2.24) is 0 Å². The van der Waals surface area contributed by atoms with E-state index in [1.54, 1.807) is 0 Å². The molecule has 1 heteroatoms. The van der Waals surface area contributed by atoms with Gasteiger partial charge in [-0.2, -0.15) is 0 Å². The van der Waals surface area contributed by atoms with E-state index in [1.807, 2.05) is 0 Å². The van der Waals surface area contributed by atoms with Gasteiger partial charge in [-0.15, -0.1) is 0 Å². The standard InChI is InChI=1S/C4H10.CH5N/c1-4(2)3;1-2/h4H,1-3H3;2H2,1H3. The molecule has 0 amide bonds. The molecule has 0 aliphatic heterocycles. The third kappa shape index (κ3) is 21700. The third-order valence-corrected chi connectivity index (χ3v) is 0. The van der Waals surface area contributed by atoms with E-state index < -0.39 is 0 Å². The fourth-order valence-electron chi connectivity index (χ4n) is 0. The first-order chi connectivity index (χ1) is 2.73. The van der Waals surface area contributed by atoms with Crippen LogP contribution >= 0.6 is 0 Å². The monoisotopic (exact) mass is 89.1 g/mol. The summed E-state index contributed by atoms with van der Waals surface area (Å²) in [4.78, 5) is 0. The molecule has 2 N–H and O–H groups in total. The van der Waals surface area contributed by atoms with E-state index in [2.05, 4.69) is 26.5 Å². The summed E-state index contributed by atoms with van der Waals surface area (Å²) in [6.45, 7) is 6.50. The van der Waals surface area contributed by atoms with Crippen molar-refractivity contribution in [2.45, 2.75) is 20.8 Å². The maximum absolute atomic E-state index is 4.50. The van der Waals surface area contributed by atoms with Crippen LogP contribution in [0.3, 0.4) is 0 Å². The Balaban J connectivity index is 0. The van der Waals surface area contributed by atoms with Gasteiger partial charge in [-0.3, -0.25) is 0 Å². The summed E-state index contributed by atoms with van der Waals surface area (Å²) in [5.74, 6) is 0.833. The van der Waals surface area contributed by atoms with Gasteiger partial charge in [0.05, 0.1) is 0 Å². The Morgan fingerprint density at radius 3 is 1.00 bits per heavy atom. The molecule has 0 radical (unpaired) electrons. The topological polar surface area (TPSA) is 26.0 Å². The van der Waals surface area contributed by atoms with Crippen molar-refractivity contribution in [3.8, 4) is 0 Å². The SMILES string of the molecule is CC(C)C.CN. The molecule has 0 rings (SSSR count). The molecule has 0 heterocycles. The Hall–Kier alpha value is -0.0400. The number of rotatable bonds is 0. The van der Waals surface area contributed by atoms with Crippen LogP contribution < -0.4 is 5.73 Å². The van der Waals surface area contributed by atoms with Crippen LogP contribution in [0.4, 0.5) is 0 Å². The fourth-order valence-corrected chi connectivity index (χ4v) is 0. The van der Waals surface area contributed by atoms with Crippen molar-refractivity contribution in [2.24, 2.45) is 11.7 Å².